The van der Waals surface area contributed by atoms with Crippen molar-refractivity contribution >= 4 is 22.7 Å². The van der Waals surface area contributed by atoms with Crippen LogP contribution in [0.2, 0.25) is 0 Å². The molecule has 0 atom stereocenters. The quantitative estimate of drug-likeness (QED) is 0.558. The summed E-state index contributed by atoms with van der Waals surface area (Å²) in [4.78, 5) is 11.7. The second-order valence-corrected chi connectivity index (χ2v) is 7.32. The predicted molar refractivity (Wildman–Crippen MR) is 117 cm³/mol. The van der Waals surface area contributed by atoms with Crippen LogP contribution in [-0.4, -0.2) is 23.9 Å². The number of amides is 1. The molecule has 0 unspecified atom stereocenters. The maximum absolute atomic E-state index is 11.7. The Hall–Kier alpha value is -3.46. The average molecular weight is 403 g/mol. The largest absolute Gasteiger partial charge is 0.494 e. The zero-order chi connectivity index (χ0) is 21.1. The van der Waals surface area contributed by atoms with Gasteiger partial charge in [0.15, 0.2) is 0 Å². The Labute approximate surface area is 176 Å². The fraction of sp³-hybridized carbons (Fsp3) is 0.333. The summed E-state index contributed by atoms with van der Waals surface area (Å²) in [5.41, 5.74) is 4.23. The van der Waals surface area contributed by atoms with Crippen LogP contribution in [-0.2, 0) is 4.74 Å². The minimum absolute atomic E-state index is 0.320. The SMILES string of the molecule is CCOC(=O)Nc1ccc(-c2c(C#N)c3ccc(OCC)cc3n2C2CCC2)cc1. The van der Waals surface area contributed by atoms with Crippen molar-refractivity contribution in [2.75, 3.05) is 18.5 Å². The summed E-state index contributed by atoms with van der Waals surface area (Å²) >= 11 is 0. The Kier molecular flexibility index (Phi) is 5.62. The van der Waals surface area contributed by atoms with Gasteiger partial charge in [-0.1, -0.05) is 12.1 Å². The molecule has 1 amide bonds. The first-order chi connectivity index (χ1) is 14.7. The number of fused-ring (bicyclic) bond motifs is 1. The first kappa shape index (κ1) is 19.8. The summed E-state index contributed by atoms with van der Waals surface area (Å²) in [5, 5.41) is 13.7. The topological polar surface area (TPSA) is 76.3 Å². The fourth-order valence-electron chi connectivity index (χ4n) is 3.96. The summed E-state index contributed by atoms with van der Waals surface area (Å²) in [7, 11) is 0. The highest BCUT2D eigenvalue weighted by molar-refractivity contribution is 5.96. The molecular weight excluding hydrogens is 378 g/mol. The molecule has 3 aromatic rings. The van der Waals surface area contributed by atoms with E-state index in [1.54, 1.807) is 6.92 Å². The lowest BCUT2D eigenvalue weighted by Crippen LogP contribution is -2.18. The van der Waals surface area contributed by atoms with Crippen LogP contribution in [0, 0.1) is 11.3 Å². The van der Waals surface area contributed by atoms with Crippen LogP contribution in [0.25, 0.3) is 22.2 Å². The maximum Gasteiger partial charge on any atom is 0.411 e. The molecule has 30 heavy (non-hydrogen) atoms. The smallest absolute Gasteiger partial charge is 0.411 e. The molecule has 4 rings (SSSR count). The first-order valence-corrected chi connectivity index (χ1v) is 10.4. The van der Waals surface area contributed by atoms with Crippen molar-refractivity contribution in [1.29, 1.82) is 5.26 Å². The van der Waals surface area contributed by atoms with Gasteiger partial charge in [-0.15, -0.1) is 0 Å². The van der Waals surface area contributed by atoms with E-state index in [9.17, 15) is 10.1 Å². The Balaban J connectivity index is 1.81. The van der Waals surface area contributed by atoms with Crippen molar-refractivity contribution < 1.29 is 14.3 Å². The second kappa shape index (κ2) is 8.50. The Bertz CT molecular complexity index is 1110. The van der Waals surface area contributed by atoms with E-state index < -0.39 is 6.09 Å². The van der Waals surface area contributed by atoms with Crippen molar-refractivity contribution in [2.45, 2.75) is 39.2 Å². The summed E-state index contributed by atoms with van der Waals surface area (Å²) in [5.74, 6) is 0.813. The zero-order valence-electron chi connectivity index (χ0n) is 17.3. The van der Waals surface area contributed by atoms with Gasteiger partial charge < -0.3 is 14.0 Å². The number of nitriles is 1. The van der Waals surface area contributed by atoms with E-state index in [2.05, 4.69) is 16.0 Å². The van der Waals surface area contributed by atoms with Gasteiger partial charge in [0.05, 0.1) is 30.0 Å². The number of hydrogen-bond acceptors (Lipinski definition) is 4. The number of aromatic nitrogens is 1. The molecule has 0 spiro atoms. The van der Waals surface area contributed by atoms with E-state index in [1.807, 2.05) is 49.4 Å². The van der Waals surface area contributed by atoms with Gasteiger partial charge in [0, 0.05) is 23.2 Å². The van der Waals surface area contributed by atoms with Crippen LogP contribution in [0.15, 0.2) is 42.5 Å². The minimum atomic E-state index is -0.477. The van der Waals surface area contributed by atoms with Gasteiger partial charge in [-0.2, -0.15) is 5.26 Å². The van der Waals surface area contributed by atoms with Crippen molar-refractivity contribution in [1.82, 2.24) is 4.57 Å². The molecule has 0 radical (unpaired) electrons. The highest BCUT2D eigenvalue weighted by atomic mass is 16.5. The highest BCUT2D eigenvalue weighted by Crippen LogP contribution is 2.43. The summed E-state index contributed by atoms with van der Waals surface area (Å²) < 4.78 is 12.9. The molecule has 6 nitrogen and oxygen atoms in total. The third kappa shape index (κ3) is 3.59. The van der Waals surface area contributed by atoms with Gasteiger partial charge in [-0.05, 0) is 62.9 Å². The van der Waals surface area contributed by atoms with Crippen molar-refractivity contribution in [3.8, 4) is 23.1 Å². The molecule has 1 aliphatic carbocycles. The van der Waals surface area contributed by atoms with E-state index in [0.717, 1.165) is 40.8 Å². The lowest BCUT2D eigenvalue weighted by molar-refractivity contribution is 0.168. The van der Waals surface area contributed by atoms with Gasteiger partial charge in [0.25, 0.3) is 0 Å². The van der Waals surface area contributed by atoms with Crippen molar-refractivity contribution in [3.63, 3.8) is 0 Å². The van der Waals surface area contributed by atoms with Crippen LogP contribution in [0.4, 0.5) is 10.5 Å². The van der Waals surface area contributed by atoms with Gasteiger partial charge in [-0.25, -0.2) is 4.79 Å². The van der Waals surface area contributed by atoms with Crippen LogP contribution < -0.4 is 10.1 Å². The van der Waals surface area contributed by atoms with Gasteiger partial charge in [0.2, 0.25) is 0 Å². The van der Waals surface area contributed by atoms with E-state index in [-0.39, 0.29) is 0 Å². The van der Waals surface area contributed by atoms with E-state index in [1.165, 1.54) is 6.42 Å². The molecule has 1 saturated carbocycles. The van der Waals surface area contributed by atoms with E-state index in [4.69, 9.17) is 9.47 Å². The van der Waals surface area contributed by atoms with Gasteiger partial charge in [-0.3, -0.25) is 5.32 Å². The third-order valence-corrected chi connectivity index (χ3v) is 5.52. The number of carbonyl (C=O) groups is 1. The van der Waals surface area contributed by atoms with Crippen molar-refractivity contribution in [3.05, 3.63) is 48.0 Å². The third-order valence-electron chi connectivity index (χ3n) is 5.52. The molecule has 0 aliphatic heterocycles. The number of anilines is 1. The van der Waals surface area contributed by atoms with Crippen LogP contribution in [0.5, 0.6) is 5.75 Å². The Morgan fingerprint density at radius 2 is 1.93 bits per heavy atom. The van der Waals surface area contributed by atoms with E-state index in [0.29, 0.717) is 30.5 Å². The van der Waals surface area contributed by atoms with Crippen LogP contribution >= 0.6 is 0 Å². The number of benzene rings is 2. The minimum Gasteiger partial charge on any atom is -0.494 e. The first-order valence-electron chi connectivity index (χ1n) is 10.4. The lowest BCUT2D eigenvalue weighted by atomic mass is 9.92. The normalized spacial score (nSPS) is 13.5. The molecule has 2 aromatic carbocycles. The maximum atomic E-state index is 11.7. The van der Waals surface area contributed by atoms with Gasteiger partial charge >= 0.3 is 6.09 Å². The predicted octanol–water partition coefficient (Wildman–Crippen LogP) is 5.87. The summed E-state index contributed by atoms with van der Waals surface area (Å²) in [6.07, 6.45) is 2.92. The molecule has 0 bridgehead atoms. The zero-order valence-corrected chi connectivity index (χ0v) is 17.3. The Morgan fingerprint density at radius 3 is 2.53 bits per heavy atom. The lowest BCUT2D eigenvalue weighted by Gasteiger charge is -2.30. The number of ether oxygens (including phenoxy) is 2. The fourth-order valence-corrected chi connectivity index (χ4v) is 3.96. The molecular formula is C24H25N3O3. The second-order valence-electron chi connectivity index (χ2n) is 7.32. The highest BCUT2D eigenvalue weighted by Gasteiger charge is 2.28. The monoisotopic (exact) mass is 403 g/mol. The van der Waals surface area contributed by atoms with Gasteiger partial charge in [0.1, 0.15) is 11.8 Å². The standard InChI is InChI=1S/C24H25N3O3/c1-3-29-19-12-13-20-21(15-25)23(27(22(20)14-19)18-6-5-7-18)16-8-10-17(11-9-16)26-24(28)30-4-2/h8-14,18H,3-7H2,1-2H3,(H,26,28). The molecule has 1 aliphatic rings. The van der Waals surface area contributed by atoms with Crippen LogP contribution in [0.1, 0.15) is 44.7 Å². The number of hydrogen-bond donors (Lipinski definition) is 1. The van der Waals surface area contributed by atoms with Crippen molar-refractivity contribution in [2.24, 2.45) is 0 Å². The average Bonchev–Trinajstić information content (AvgIpc) is 3.01. The number of nitrogens with zero attached hydrogens (tertiary/aromatic N) is 2. The molecule has 1 N–H and O–H groups in total. The number of rotatable bonds is 6. The summed E-state index contributed by atoms with van der Waals surface area (Å²) in [6.45, 7) is 4.65. The van der Waals surface area contributed by atoms with E-state index >= 15 is 0 Å². The molecule has 1 aromatic heterocycles. The molecule has 6 heteroatoms. The molecule has 1 heterocycles. The summed E-state index contributed by atoms with van der Waals surface area (Å²) in [6, 6.07) is 16.3. The van der Waals surface area contributed by atoms with Crippen LogP contribution in [0.3, 0.4) is 0 Å². The number of nitrogens with one attached hydrogen (secondary N) is 1. The Morgan fingerprint density at radius 1 is 1.17 bits per heavy atom. The molecule has 154 valence electrons. The molecule has 1 fully saturated rings. The number of carbonyl (C=O) groups excluding carboxylic acids is 1. The molecule has 0 saturated heterocycles.